The molecule has 0 aromatic heterocycles. The van der Waals surface area contributed by atoms with Gasteiger partial charge in [0.05, 0.1) is 7.11 Å². The summed E-state index contributed by atoms with van der Waals surface area (Å²) in [5.74, 6) is 0.687. The van der Waals surface area contributed by atoms with E-state index in [1.165, 1.54) is 39.2 Å². The van der Waals surface area contributed by atoms with E-state index >= 15 is 0 Å². The SMILES string of the molecule is COC(=O)C(I)CNCC1CCCCC1. The number of nitrogens with one attached hydrogen (secondary N) is 1. The lowest BCUT2D eigenvalue weighted by Gasteiger charge is -2.22. The molecule has 4 heteroatoms. The lowest BCUT2D eigenvalue weighted by molar-refractivity contribution is -0.139. The van der Waals surface area contributed by atoms with Crippen molar-refractivity contribution in [2.45, 2.75) is 36.0 Å². The maximum atomic E-state index is 11.1. The van der Waals surface area contributed by atoms with Crippen molar-refractivity contribution in [2.24, 2.45) is 5.92 Å². The molecule has 0 radical (unpaired) electrons. The van der Waals surface area contributed by atoms with Gasteiger partial charge >= 0.3 is 5.97 Å². The summed E-state index contributed by atoms with van der Waals surface area (Å²) in [5, 5.41) is 3.36. The maximum Gasteiger partial charge on any atom is 0.319 e. The van der Waals surface area contributed by atoms with Crippen molar-refractivity contribution in [3.63, 3.8) is 0 Å². The van der Waals surface area contributed by atoms with Crippen LogP contribution < -0.4 is 5.32 Å². The van der Waals surface area contributed by atoms with Crippen molar-refractivity contribution in [3.8, 4) is 0 Å². The molecule has 1 fully saturated rings. The summed E-state index contributed by atoms with van der Waals surface area (Å²) in [7, 11) is 1.44. The predicted molar refractivity (Wildman–Crippen MR) is 69.3 cm³/mol. The first-order valence-corrected chi connectivity index (χ1v) is 6.91. The number of carbonyl (C=O) groups excluding carboxylic acids is 1. The number of alkyl halides is 1. The number of hydrogen-bond acceptors (Lipinski definition) is 3. The monoisotopic (exact) mass is 325 g/mol. The van der Waals surface area contributed by atoms with Gasteiger partial charge in [-0.2, -0.15) is 0 Å². The topological polar surface area (TPSA) is 38.3 Å². The molecule has 0 heterocycles. The highest BCUT2D eigenvalue weighted by atomic mass is 127. The highest BCUT2D eigenvalue weighted by Gasteiger charge is 2.16. The molecule has 0 aromatic carbocycles. The summed E-state index contributed by atoms with van der Waals surface area (Å²) in [5.41, 5.74) is 0. The van der Waals surface area contributed by atoms with Crippen molar-refractivity contribution < 1.29 is 9.53 Å². The van der Waals surface area contributed by atoms with Crippen molar-refractivity contribution in [1.29, 1.82) is 0 Å². The molecular formula is C11H20INO2. The minimum Gasteiger partial charge on any atom is -0.468 e. The van der Waals surface area contributed by atoms with Gasteiger partial charge in [0.15, 0.2) is 0 Å². The summed E-state index contributed by atoms with van der Waals surface area (Å²) >= 11 is 2.12. The van der Waals surface area contributed by atoms with Crippen LogP contribution in [0, 0.1) is 5.92 Å². The molecule has 0 saturated heterocycles. The van der Waals surface area contributed by atoms with Crippen LogP contribution in [0.25, 0.3) is 0 Å². The Morgan fingerprint density at radius 3 is 2.73 bits per heavy atom. The fourth-order valence-electron chi connectivity index (χ4n) is 2.02. The van der Waals surface area contributed by atoms with Gasteiger partial charge in [0, 0.05) is 6.54 Å². The highest BCUT2D eigenvalue weighted by molar-refractivity contribution is 14.1. The Hall–Kier alpha value is 0.160. The molecule has 1 rings (SSSR count). The van der Waals surface area contributed by atoms with Crippen LogP contribution in [-0.2, 0) is 9.53 Å². The maximum absolute atomic E-state index is 11.1. The number of halogens is 1. The van der Waals surface area contributed by atoms with Crippen molar-refractivity contribution in [1.82, 2.24) is 5.32 Å². The van der Waals surface area contributed by atoms with Crippen LogP contribution in [0.4, 0.5) is 0 Å². The molecule has 1 aliphatic rings. The summed E-state index contributed by atoms with van der Waals surface area (Å²) in [6.45, 7) is 1.78. The van der Waals surface area contributed by atoms with Crippen LogP contribution in [0.15, 0.2) is 0 Å². The van der Waals surface area contributed by atoms with Crippen molar-refractivity contribution in [2.75, 3.05) is 20.2 Å². The van der Waals surface area contributed by atoms with Gasteiger partial charge in [-0.15, -0.1) is 0 Å². The largest absolute Gasteiger partial charge is 0.468 e. The molecule has 0 aromatic rings. The molecule has 0 bridgehead atoms. The molecule has 88 valence electrons. The van der Waals surface area contributed by atoms with Crippen LogP contribution in [0.5, 0.6) is 0 Å². The third-order valence-corrected chi connectivity index (χ3v) is 3.89. The van der Waals surface area contributed by atoms with Gasteiger partial charge in [-0.3, -0.25) is 4.79 Å². The van der Waals surface area contributed by atoms with Gasteiger partial charge in [-0.05, 0) is 25.3 Å². The third-order valence-electron chi connectivity index (χ3n) is 2.94. The number of esters is 1. The zero-order valence-electron chi connectivity index (χ0n) is 9.30. The summed E-state index contributed by atoms with van der Waals surface area (Å²) in [6.07, 6.45) is 6.83. The molecule has 0 spiro atoms. The van der Waals surface area contributed by atoms with E-state index < -0.39 is 0 Å². The molecule has 15 heavy (non-hydrogen) atoms. The molecule has 1 aliphatic carbocycles. The van der Waals surface area contributed by atoms with Crippen molar-refractivity contribution >= 4 is 28.6 Å². The fourth-order valence-corrected chi connectivity index (χ4v) is 2.58. The lowest BCUT2D eigenvalue weighted by atomic mass is 9.89. The second-order valence-corrected chi connectivity index (χ2v) is 5.66. The summed E-state index contributed by atoms with van der Waals surface area (Å²) < 4.78 is 4.61. The Labute approximate surface area is 105 Å². The second kappa shape index (κ2) is 7.44. The normalized spacial score (nSPS) is 19.9. The smallest absolute Gasteiger partial charge is 0.319 e. The van der Waals surface area contributed by atoms with Crippen LogP contribution in [-0.4, -0.2) is 30.1 Å². The van der Waals surface area contributed by atoms with E-state index in [4.69, 9.17) is 0 Å². The predicted octanol–water partition coefficient (Wildman–Crippen LogP) is 2.13. The van der Waals surface area contributed by atoms with Crippen LogP contribution >= 0.6 is 22.6 Å². The third kappa shape index (κ3) is 5.15. The quantitative estimate of drug-likeness (QED) is 0.478. The molecular weight excluding hydrogens is 305 g/mol. The number of methoxy groups -OCH3 is 1. The van der Waals surface area contributed by atoms with Gasteiger partial charge in [0.25, 0.3) is 0 Å². The lowest BCUT2D eigenvalue weighted by Crippen LogP contribution is -2.33. The fraction of sp³-hybridized carbons (Fsp3) is 0.909. The number of rotatable bonds is 5. The highest BCUT2D eigenvalue weighted by Crippen LogP contribution is 2.22. The zero-order valence-corrected chi connectivity index (χ0v) is 11.5. The Bertz CT molecular complexity index is 193. The Balaban J connectivity index is 2.07. The number of hydrogen-bond donors (Lipinski definition) is 1. The molecule has 1 unspecified atom stereocenters. The van der Waals surface area contributed by atoms with E-state index in [0.717, 1.165) is 19.0 Å². The minimum atomic E-state index is -0.133. The van der Waals surface area contributed by atoms with E-state index in [-0.39, 0.29) is 9.89 Å². The molecule has 1 N–H and O–H groups in total. The van der Waals surface area contributed by atoms with Gasteiger partial charge in [-0.1, -0.05) is 41.9 Å². The van der Waals surface area contributed by atoms with Crippen molar-refractivity contribution in [3.05, 3.63) is 0 Å². The van der Waals surface area contributed by atoms with Gasteiger partial charge < -0.3 is 10.1 Å². The molecule has 1 atom stereocenters. The zero-order chi connectivity index (χ0) is 11.1. The van der Waals surface area contributed by atoms with E-state index in [2.05, 4.69) is 32.6 Å². The Kier molecular flexibility index (Phi) is 6.56. The van der Waals surface area contributed by atoms with Gasteiger partial charge in [-0.25, -0.2) is 0 Å². The van der Waals surface area contributed by atoms with Crippen LogP contribution in [0.1, 0.15) is 32.1 Å². The first-order valence-electron chi connectivity index (χ1n) is 5.66. The minimum absolute atomic E-state index is 0.0591. The van der Waals surface area contributed by atoms with Gasteiger partial charge in [0.2, 0.25) is 0 Å². The first-order chi connectivity index (χ1) is 7.24. The molecule has 0 amide bonds. The van der Waals surface area contributed by atoms with E-state index in [9.17, 15) is 4.79 Å². The standard InChI is InChI=1S/C11H20INO2/c1-15-11(14)10(12)8-13-7-9-5-3-2-4-6-9/h9-10,13H,2-8H2,1H3. The molecule has 3 nitrogen and oxygen atoms in total. The molecule has 0 aliphatic heterocycles. The van der Waals surface area contributed by atoms with E-state index in [1.807, 2.05) is 0 Å². The van der Waals surface area contributed by atoms with Crippen LogP contribution in [0.2, 0.25) is 0 Å². The van der Waals surface area contributed by atoms with Crippen LogP contribution in [0.3, 0.4) is 0 Å². The number of ether oxygens (including phenoxy) is 1. The Morgan fingerprint density at radius 2 is 2.13 bits per heavy atom. The summed E-state index contributed by atoms with van der Waals surface area (Å²) in [4.78, 5) is 11.1. The van der Waals surface area contributed by atoms with E-state index in [0.29, 0.717) is 0 Å². The van der Waals surface area contributed by atoms with Gasteiger partial charge in [0.1, 0.15) is 3.92 Å². The first kappa shape index (κ1) is 13.2. The van der Waals surface area contributed by atoms with E-state index in [1.54, 1.807) is 0 Å². The average molecular weight is 325 g/mol. The average Bonchev–Trinajstić information content (AvgIpc) is 2.29. The Morgan fingerprint density at radius 1 is 1.47 bits per heavy atom. The molecule has 1 saturated carbocycles. The number of carbonyl (C=O) groups is 1. The summed E-state index contributed by atoms with van der Waals surface area (Å²) in [6, 6.07) is 0. The second-order valence-electron chi connectivity index (χ2n) is 4.15.